The van der Waals surface area contributed by atoms with Crippen LogP contribution in [0.2, 0.25) is 0 Å². The summed E-state index contributed by atoms with van der Waals surface area (Å²) in [6.07, 6.45) is -1.83. The molecule has 1 atom stereocenters. The fourth-order valence-corrected chi connectivity index (χ4v) is 2.94. The smallest absolute Gasteiger partial charge is 0.316 e. The Kier molecular flexibility index (Phi) is 4.71. The number of ketones is 1. The Morgan fingerprint density at radius 2 is 2.14 bits per heavy atom. The predicted octanol–water partition coefficient (Wildman–Crippen LogP) is 3.60. The van der Waals surface area contributed by atoms with Gasteiger partial charge in [0.05, 0.1) is 5.56 Å². The van der Waals surface area contributed by atoms with Gasteiger partial charge in [0.1, 0.15) is 5.78 Å². The van der Waals surface area contributed by atoms with Gasteiger partial charge in [0.15, 0.2) is 0 Å². The number of piperidine rings is 1. The Labute approximate surface area is 122 Å². The van der Waals surface area contributed by atoms with E-state index in [2.05, 4.69) is 5.32 Å². The first-order valence-electron chi connectivity index (χ1n) is 7.27. The van der Waals surface area contributed by atoms with Crippen LogP contribution in [0.3, 0.4) is 0 Å². The third kappa shape index (κ3) is 3.64. The monoisotopic (exact) mass is 299 g/mol. The molecule has 1 N–H and O–H groups in total. The van der Waals surface area contributed by atoms with E-state index in [4.69, 9.17) is 0 Å². The van der Waals surface area contributed by atoms with Crippen molar-refractivity contribution < 1.29 is 18.0 Å². The van der Waals surface area contributed by atoms with Crippen molar-refractivity contribution in [1.82, 2.24) is 5.32 Å². The molecule has 0 aromatic heterocycles. The molecule has 1 aliphatic heterocycles. The molecule has 0 saturated carbocycles. The normalized spacial score (nSPS) is 23.0. The van der Waals surface area contributed by atoms with Crippen molar-refractivity contribution in [3.05, 3.63) is 35.4 Å². The first-order valence-corrected chi connectivity index (χ1v) is 7.27. The highest BCUT2D eigenvalue weighted by atomic mass is 19.4. The third-order valence-electron chi connectivity index (χ3n) is 4.36. The lowest BCUT2D eigenvalue weighted by atomic mass is 9.73. The molecule has 0 aliphatic carbocycles. The number of alkyl halides is 3. The van der Waals surface area contributed by atoms with Crippen molar-refractivity contribution in [2.75, 3.05) is 13.1 Å². The molecule has 1 saturated heterocycles. The Hall–Kier alpha value is -1.36. The van der Waals surface area contributed by atoms with E-state index in [1.807, 2.05) is 6.92 Å². The lowest BCUT2D eigenvalue weighted by molar-refractivity contribution is -0.137. The maximum Gasteiger partial charge on any atom is 0.416 e. The van der Waals surface area contributed by atoms with E-state index in [9.17, 15) is 18.0 Å². The predicted molar refractivity (Wildman–Crippen MR) is 75.0 cm³/mol. The van der Waals surface area contributed by atoms with Gasteiger partial charge < -0.3 is 5.32 Å². The standard InChI is InChI=1S/C16H20F3NO/c1-2-15(7-4-8-20-11-15)14(21)10-12-5-3-6-13(9-12)16(17,18)19/h3,5-6,9,20H,2,4,7-8,10-11H2,1H3. The van der Waals surface area contributed by atoms with E-state index < -0.39 is 17.2 Å². The molecule has 5 heteroatoms. The number of Topliss-reactive ketones (excluding diaryl/α,β-unsaturated/α-hetero) is 1. The molecule has 0 spiro atoms. The molecule has 1 aromatic carbocycles. The van der Waals surface area contributed by atoms with Crippen LogP contribution in [0.5, 0.6) is 0 Å². The van der Waals surface area contributed by atoms with Gasteiger partial charge >= 0.3 is 6.18 Å². The zero-order chi connectivity index (χ0) is 15.5. The molecule has 116 valence electrons. The minimum atomic E-state index is -4.37. The van der Waals surface area contributed by atoms with Crippen LogP contribution in [0.4, 0.5) is 13.2 Å². The molecule has 0 bridgehead atoms. The number of carbonyl (C=O) groups excluding carboxylic acids is 1. The van der Waals surface area contributed by atoms with Crippen molar-refractivity contribution in [1.29, 1.82) is 0 Å². The molecule has 1 fully saturated rings. The molecule has 1 unspecified atom stereocenters. The van der Waals surface area contributed by atoms with Crippen molar-refractivity contribution in [3.8, 4) is 0 Å². The van der Waals surface area contributed by atoms with E-state index >= 15 is 0 Å². The van der Waals surface area contributed by atoms with Gasteiger partial charge in [0.2, 0.25) is 0 Å². The summed E-state index contributed by atoms with van der Waals surface area (Å²) >= 11 is 0. The number of hydrogen-bond donors (Lipinski definition) is 1. The molecule has 1 aromatic rings. The maximum atomic E-state index is 12.7. The van der Waals surface area contributed by atoms with Crippen molar-refractivity contribution >= 4 is 5.78 Å². The molecule has 0 radical (unpaired) electrons. The Morgan fingerprint density at radius 3 is 2.71 bits per heavy atom. The third-order valence-corrected chi connectivity index (χ3v) is 4.36. The number of benzene rings is 1. The number of halogens is 3. The minimum Gasteiger partial charge on any atom is -0.316 e. The Bertz CT molecular complexity index is 504. The highest BCUT2D eigenvalue weighted by molar-refractivity contribution is 5.87. The van der Waals surface area contributed by atoms with E-state index in [0.717, 1.165) is 37.9 Å². The number of carbonyl (C=O) groups is 1. The van der Waals surface area contributed by atoms with Gasteiger partial charge in [0, 0.05) is 18.4 Å². The second-order valence-corrected chi connectivity index (χ2v) is 5.71. The molecular formula is C16H20F3NO. The number of nitrogens with one attached hydrogen (secondary N) is 1. The van der Waals surface area contributed by atoms with Gasteiger partial charge in [-0.15, -0.1) is 0 Å². The van der Waals surface area contributed by atoms with E-state index in [-0.39, 0.29) is 12.2 Å². The summed E-state index contributed by atoms with van der Waals surface area (Å²) in [7, 11) is 0. The van der Waals surface area contributed by atoms with Crippen LogP contribution in [0.25, 0.3) is 0 Å². The van der Waals surface area contributed by atoms with Crippen LogP contribution in [0.15, 0.2) is 24.3 Å². The van der Waals surface area contributed by atoms with E-state index in [1.54, 1.807) is 6.07 Å². The van der Waals surface area contributed by atoms with Gasteiger partial charge in [-0.3, -0.25) is 4.79 Å². The van der Waals surface area contributed by atoms with Crippen LogP contribution in [-0.2, 0) is 17.4 Å². The van der Waals surface area contributed by atoms with Crippen LogP contribution in [-0.4, -0.2) is 18.9 Å². The lowest BCUT2D eigenvalue weighted by Crippen LogP contribution is -2.45. The van der Waals surface area contributed by atoms with Gasteiger partial charge in [0.25, 0.3) is 0 Å². The summed E-state index contributed by atoms with van der Waals surface area (Å²) in [4.78, 5) is 12.6. The average molecular weight is 299 g/mol. The highest BCUT2D eigenvalue weighted by Crippen LogP contribution is 2.33. The second-order valence-electron chi connectivity index (χ2n) is 5.71. The molecule has 21 heavy (non-hydrogen) atoms. The maximum absolute atomic E-state index is 12.7. The van der Waals surface area contributed by atoms with E-state index in [0.29, 0.717) is 12.1 Å². The quantitative estimate of drug-likeness (QED) is 0.920. The Balaban J connectivity index is 2.15. The van der Waals surface area contributed by atoms with Crippen LogP contribution < -0.4 is 5.32 Å². The van der Waals surface area contributed by atoms with Crippen LogP contribution in [0, 0.1) is 5.41 Å². The molecule has 0 amide bonds. The van der Waals surface area contributed by atoms with Crippen molar-refractivity contribution in [3.63, 3.8) is 0 Å². The Morgan fingerprint density at radius 1 is 1.38 bits per heavy atom. The van der Waals surface area contributed by atoms with Gasteiger partial charge in [-0.25, -0.2) is 0 Å². The fraction of sp³-hybridized carbons (Fsp3) is 0.562. The summed E-state index contributed by atoms with van der Waals surface area (Å²) < 4.78 is 38.1. The molecule has 2 rings (SSSR count). The topological polar surface area (TPSA) is 29.1 Å². The first kappa shape index (κ1) is 16.0. The zero-order valence-electron chi connectivity index (χ0n) is 12.1. The number of rotatable bonds is 4. The largest absolute Gasteiger partial charge is 0.416 e. The van der Waals surface area contributed by atoms with Gasteiger partial charge in [-0.05, 0) is 37.4 Å². The van der Waals surface area contributed by atoms with Crippen LogP contribution >= 0.6 is 0 Å². The lowest BCUT2D eigenvalue weighted by Gasteiger charge is -2.35. The van der Waals surface area contributed by atoms with Gasteiger partial charge in [-0.1, -0.05) is 25.1 Å². The van der Waals surface area contributed by atoms with Crippen molar-refractivity contribution in [2.45, 2.75) is 38.8 Å². The van der Waals surface area contributed by atoms with E-state index in [1.165, 1.54) is 6.07 Å². The highest BCUT2D eigenvalue weighted by Gasteiger charge is 2.37. The van der Waals surface area contributed by atoms with Crippen LogP contribution in [0.1, 0.15) is 37.3 Å². The second kappa shape index (κ2) is 6.18. The summed E-state index contributed by atoms with van der Waals surface area (Å²) in [5.41, 5.74) is -0.680. The zero-order valence-corrected chi connectivity index (χ0v) is 12.1. The summed E-state index contributed by atoms with van der Waals surface area (Å²) in [5.74, 6) is 0.0384. The van der Waals surface area contributed by atoms with Gasteiger partial charge in [-0.2, -0.15) is 13.2 Å². The summed E-state index contributed by atoms with van der Waals surface area (Å²) in [5, 5.41) is 3.23. The first-order chi connectivity index (χ1) is 9.87. The minimum absolute atomic E-state index is 0.0384. The SMILES string of the molecule is CCC1(C(=O)Cc2cccc(C(F)(F)F)c2)CCCNC1. The molecule has 1 aliphatic rings. The average Bonchev–Trinajstić information content (AvgIpc) is 2.47. The summed E-state index contributed by atoms with van der Waals surface area (Å²) in [6, 6.07) is 5.07. The molecule has 1 heterocycles. The molecule has 2 nitrogen and oxygen atoms in total. The number of hydrogen-bond acceptors (Lipinski definition) is 2. The van der Waals surface area contributed by atoms with Crippen molar-refractivity contribution in [2.24, 2.45) is 5.41 Å². The summed E-state index contributed by atoms with van der Waals surface area (Å²) in [6.45, 7) is 3.50. The fourth-order valence-electron chi connectivity index (χ4n) is 2.94. The molecular weight excluding hydrogens is 279 g/mol.